The average Bonchev–Trinajstić information content (AvgIpc) is 2.68. The van der Waals surface area contributed by atoms with E-state index in [-0.39, 0.29) is 18.1 Å². The second kappa shape index (κ2) is 8.26. The minimum absolute atomic E-state index is 0.0773. The summed E-state index contributed by atoms with van der Waals surface area (Å²) in [5, 5.41) is 2.22. The maximum atomic E-state index is 13.7. The van der Waals surface area contributed by atoms with Crippen LogP contribution >= 0.6 is 0 Å². The second-order valence-electron chi connectivity index (χ2n) is 6.40. The van der Waals surface area contributed by atoms with Crippen molar-refractivity contribution in [1.29, 1.82) is 0 Å². The molecule has 7 nitrogen and oxygen atoms in total. The Kier molecular flexibility index (Phi) is 5.76. The Bertz CT molecular complexity index is 966. The van der Waals surface area contributed by atoms with Gasteiger partial charge >= 0.3 is 5.97 Å². The molecular formula is C20H18F2N2O5. The number of halogens is 2. The standard InChI is InChI=1S/C20H18F2N2O5/c1-11(19(26)23-15-8-7-13(21)9-14(15)22)28-20(27)18-10-24(12(2)25)16-5-3-4-6-17(16)29-18/h3-9,11,18H,10H2,1-2H3,(H,23,26)/t11-,18+/m1/s1. The summed E-state index contributed by atoms with van der Waals surface area (Å²) in [6.07, 6.45) is -2.41. The van der Waals surface area contributed by atoms with E-state index in [2.05, 4.69) is 5.32 Å². The van der Waals surface area contributed by atoms with Crippen molar-refractivity contribution in [1.82, 2.24) is 0 Å². The summed E-state index contributed by atoms with van der Waals surface area (Å²) >= 11 is 0. The summed E-state index contributed by atoms with van der Waals surface area (Å²) in [5.74, 6) is -3.35. The van der Waals surface area contributed by atoms with Gasteiger partial charge in [0.25, 0.3) is 5.91 Å². The Labute approximate surface area is 165 Å². The number of amides is 2. The highest BCUT2D eigenvalue weighted by molar-refractivity contribution is 5.97. The highest BCUT2D eigenvalue weighted by atomic mass is 19.1. The minimum Gasteiger partial charge on any atom is -0.475 e. The molecule has 1 heterocycles. The normalized spacial score (nSPS) is 16.3. The van der Waals surface area contributed by atoms with E-state index < -0.39 is 35.7 Å². The molecule has 152 valence electrons. The number of para-hydroxylation sites is 2. The molecule has 0 spiro atoms. The zero-order valence-corrected chi connectivity index (χ0v) is 15.6. The SMILES string of the molecule is CC(=O)N1C[C@@H](C(=O)O[C@H](C)C(=O)Nc2ccc(F)cc2F)Oc2ccccc21. The van der Waals surface area contributed by atoms with Crippen LogP contribution in [0.2, 0.25) is 0 Å². The first-order valence-electron chi connectivity index (χ1n) is 8.76. The summed E-state index contributed by atoms with van der Waals surface area (Å²) in [6, 6.07) is 9.39. The number of hydrogen-bond acceptors (Lipinski definition) is 5. The molecule has 3 rings (SSSR count). The van der Waals surface area contributed by atoms with E-state index in [0.717, 1.165) is 12.1 Å². The van der Waals surface area contributed by atoms with Crippen LogP contribution < -0.4 is 15.0 Å². The van der Waals surface area contributed by atoms with Gasteiger partial charge in [-0.2, -0.15) is 0 Å². The zero-order valence-electron chi connectivity index (χ0n) is 15.6. The second-order valence-corrected chi connectivity index (χ2v) is 6.40. The lowest BCUT2D eigenvalue weighted by molar-refractivity contribution is -0.160. The summed E-state index contributed by atoms with van der Waals surface area (Å²) in [5.41, 5.74) is 0.284. The van der Waals surface area contributed by atoms with E-state index in [9.17, 15) is 23.2 Å². The quantitative estimate of drug-likeness (QED) is 0.792. The van der Waals surface area contributed by atoms with Crippen molar-refractivity contribution < 1.29 is 32.6 Å². The molecule has 1 aliphatic heterocycles. The van der Waals surface area contributed by atoms with E-state index in [1.807, 2.05) is 0 Å². The first-order chi connectivity index (χ1) is 13.8. The Morgan fingerprint density at radius 1 is 1.21 bits per heavy atom. The van der Waals surface area contributed by atoms with Gasteiger partial charge in [0.2, 0.25) is 12.0 Å². The Morgan fingerprint density at radius 2 is 1.93 bits per heavy atom. The van der Waals surface area contributed by atoms with Gasteiger partial charge in [0, 0.05) is 13.0 Å². The van der Waals surface area contributed by atoms with E-state index in [1.165, 1.54) is 18.7 Å². The lowest BCUT2D eigenvalue weighted by Crippen LogP contribution is -2.48. The summed E-state index contributed by atoms with van der Waals surface area (Å²) in [6.45, 7) is 2.58. The molecule has 1 aliphatic rings. The minimum atomic E-state index is -1.28. The molecule has 2 aromatic rings. The van der Waals surface area contributed by atoms with E-state index in [0.29, 0.717) is 17.5 Å². The van der Waals surface area contributed by atoms with Crippen LogP contribution in [-0.4, -0.2) is 36.5 Å². The molecule has 2 amide bonds. The molecule has 0 saturated heterocycles. The van der Waals surface area contributed by atoms with Crippen LogP contribution in [0.15, 0.2) is 42.5 Å². The molecule has 0 saturated carbocycles. The number of hydrogen-bond donors (Lipinski definition) is 1. The number of carbonyl (C=O) groups is 3. The van der Waals surface area contributed by atoms with Gasteiger partial charge in [-0.25, -0.2) is 13.6 Å². The molecule has 29 heavy (non-hydrogen) atoms. The smallest absolute Gasteiger partial charge is 0.350 e. The number of nitrogens with one attached hydrogen (secondary N) is 1. The number of ether oxygens (including phenoxy) is 2. The highest BCUT2D eigenvalue weighted by Crippen LogP contribution is 2.33. The van der Waals surface area contributed by atoms with Crippen LogP contribution in [0.1, 0.15) is 13.8 Å². The molecule has 0 aromatic heterocycles. The maximum Gasteiger partial charge on any atom is 0.350 e. The van der Waals surface area contributed by atoms with Gasteiger partial charge < -0.3 is 19.7 Å². The van der Waals surface area contributed by atoms with E-state index >= 15 is 0 Å². The van der Waals surface area contributed by atoms with Crippen molar-refractivity contribution in [3.63, 3.8) is 0 Å². The maximum absolute atomic E-state index is 13.7. The predicted molar refractivity (Wildman–Crippen MR) is 99.4 cm³/mol. The molecule has 0 bridgehead atoms. The van der Waals surface area contributed by atoms with E-state index in [1.54, 1.807) is 24.3 Å². The lowest BCUT2D eigenvalue weighted by Gasteiger charge is -2.33. The molecular weight excluding hydrogens is 386 g/mol. The van der Waals surface area contributed by atoms with Gasteiger partial charge in [0.1, 0.15) is 17.4 Å². The van der Waals surface area contributed by atoms with Crippen molar-refractivity contribution in [3.05, 3.63) is 54.1 Å². The van der Waals surface area contributed by atoms with E-state index in [4.69, 9.17) is 9.47 Å². The molecule has 9 heteroatoms. The molecule has 1 N–H and O–H groups in total. The zero-order chi connectivity index (χ0) is 21.1. The number of carbonyl (C=O) groups excluding carboxylic acids is 3. The Morgan fingerprint density at radius 3 is 2.62 bits per heavy atom. The fourth-order valence-electron chi connectivity index (χ4n) is 2.78. The van der Waals surface area contributed by atoms with Crippen LogP contribution in [0.25, 0.3) is 0 Å². The van der Waals surface area contributed by atoms with Crippen molar-refractivity contribution in [3.8, 4) is 5.75 Å². The van der Waals surface area contributed by atoms with Crippen LogP contribution in [-0.2, 0) is 19.1 Å². The topological polar surface area (TPSA) is 84.9 Å². The van der Waals surface area contributed by atoms with Gasteiger partial charge in [-0.05, 0) is 31.2 Å². The lowest BCUT2D eigenvalue weighted by atomic mass is 10.2. The highest BCUT2D eigenvalue weighted by Gasteiger charge is 2.35. The predicted octanol–water partition coefficient (Wildman–Crippen LogP) is 2.65. The number of rotatable bonds is 4. The fraction of sp³-hybridized carbons (Fsp3) is 0.250. The van der Waals surface area contributed by atoms with Crippen molar-refractivity contribution in [2.75, 3.05) is 16.8 Å². The molecule has 0 fully saturated rings. The third-order valence-electron chi connectivity index (χ3n) is 4.27. The monoisotopic (exact) mass is 404 g/mol. The van der Waals surface area contributed by atoms with Gasteiger partial charge in [-0.1, -0.05) is 12.1 Å². The Hall–Kier alpha value is -3.49. The van der Waals surface area contributed by atoms with Crippen molar-refractivity contribution in [2.24, 2.45) is 0 Å². The largest absolute Gasteiger partial charge is 0.475 e. The van der Waals surface area contributed by atoms with Crippen LogP contribution in [0.4, 0.5) is 20.2 Å². The number of nitrogens with zero attached hydrogens (tertiary/aromatic N) is 1. The van der Waals surface area contributed by atoms with Gasteiger partial charge in [-0.15, -0.1) is 0 Å². The molecule has 2 atom stereocenters. The summed E-state index contributed by atoms with van der Waals surface area (Å²) < 4.78 is 37.3. The average molecular weight is 404 g/mol. The third-order valence-corrected chi connectivity index (χ3v) is 4.27. The van der Waals surface area contributed by atoms with Gasteiger partial charge in [0.05, 0.1) is 17.9 Å². The number of esters is 1. The van der Waals surface area contributed by atoms with Crippen LogP contribution in [0.5, 0.6) is 5.75 Å². The molecule has 0 radical (unpaired) electrons. The number of fused-ring (bicyclic) bond motifs is 1. The van der Waals surface area contributed by atoms with Crippen molar-refractivity contribution >= 4 is 29.2 Å². The van der Waals surface area contributed by atoms with Crippen LogP contribution in [0.3, 0.4) is 0 Å². The first kappa shape index (κ1) is 20.2. The molecule has 0 unspecified atom stereocenters. The van der Waals surface area contributed by atoms with Gasteiger partial charge in [0.15, 0.2) is 6.10 Å². The Balaban J connectivity index is 1.66. The van der Waals surface area contributed by atoms with Crippen LogP contribution in [0, 0.1) is 11.6 Å². The summed E-state index contributed by atoms with van der Waals surface area (Å²) in [7, 11) is 0. The van der Waals surface area contributed by atoms with Crippen molar-refractivity contribution in [2.45, 2.75) is 26.1 Å². The first-order valence-corrected chi connectivity index (χ1v) is 8.76. The molecule has 0 aliphatic carbocycles. The fourth-order valence-corrected chi connectivity index (χ4v) is 2.78. The third kappa shape index (κ3) is 4.50. The number of benzene rings is 2. The molecule has 2 aromatic carbocycles. The van der Waals surface area contributed by atoms with Gasteiger partial charge in [-0.3, -0.25) is 9.59 Å². The summed E-state index contributed by atoms with van der Waals surface area (Å²) in [4.78, 5) is 37.9. The number of anilines is 2.